The summed E-state index contributed by atoms with van der Waals surface area (Å²) in [5, 5.41) is 0. The largest absolute Gasteiger partial charge is 0.384 e. The number of ether oxygens (including phenoxy) is 1. The normalized spacial score (nSPS) is 16.8. The van der Waals surface area contributed by atoms with Crippen LogP contribution in [0.5, 0.6) is 0 Å². The van der Waals surface area contributed by atoms with E-state index in [0.717, 1.165) is 32.5 Å². The summed E-state index contributed by atoms with van der Waals surface area (Å²) < 4.78 is 7.01. The molecular formula is C13H22N4O2. The van der Waals surface area contributed by atoms with Crippen molar-refractivity contribution in [1.29, 1.82) is 0 Å². The van der Waals surface area contributed by atoms with E-state index in [1.165, 1.54) is 0 Å². The number of nitrogens with zero attached hydrogens (tertiary/aromatic N) is 3. The molecule has 0 radical (unpaired) electrons. The molecule has 6 nitrogen and oxygen atoms in total. The van der Waals surface area contributed by atoms with Gasteiger partial charge in [0.2, 0.25) is 0 Å². The highest BCUT2D eigenvalue weighted by Gasteiger charge is 2.24. The van der Waals surface area contributed by atoms with Crippen LogP contribution in [0.4, 0.5) is 0 Å². The maximum absolute atomic E-state index is 12.3. The zero-order chi connectivity index (χ0) is 13.7. The number of piperidine rings is 1. The third kappa shape index (κ3) is 3.54. The monoisotopic (exact) mass is 266 g/mol. The van der Waals surface area contributed by atoms with Crippen molar-refractivity contribution in [2.45, 2.75) is 19.4 Å². The highest BCUT2D eigenvalue weighted by atomic mass is 16.5. The summed E-state index contributed by atoms with van der Waals surface area (Å²) in [6.07, 6.45) is 5.44. The molecule has 2 rings (SSSR count). The Hall–Kier alpha value is -1.40. The fourth-order valence-corrected chi connectivity index (χ4v) is 2.44. The lowest BCUT2D eigenvalue weighted by molar-refractivity contribution is 0.0608. The third-order valence-electron chi connectivity index (χ3n) is 3.54. The number of nitrogens with two attached hydrogens (primary N) is 1. The lowest BCUT2D eigenvalue weighted by Gasteiger charge is -2.31. The Kier molecular flexibility index (Phi) is 4.93. The van der Waals surface area contributed by atoms with E-state index in [0.29, 0.717) is 24.7 Å². The lowest BCUT2D eigenvalue weighted by Crippen LogP contribution is -2.39. The molecule has 0 atom stereocenters. The van der Waals surface area contributed by atoms with Gasteiger partial charge in [0, 0.05) is 46.1 Å². The Balaban J connectivity index is 1.89. The molecule has 0 aromatic carbocycles. The van der Waals surface area contributed by atoms with E-state index in [-0.39, 0.29) is 5.91 Å². The van der Waals surface area contributed by atoms with Crippen molar-refractivity contribution in [1.82, 2.24) is 14.5 Å². The van der Waals surface area contributed by atoms with Crippen LogP contribution < -0.4 is 5.73 Å². The first kappa shape index (κ1) is 14.0. The molecule has 0 saturated carbocycles. The fraction of sp³-hybridized carbons (Fsp3) is 0.692. The lowest BCUT2D eigenvalue weighted by atomic mass is 9.97. The molecule has 0 bridgehead atoms. The minimum absolute atomic E-state index is 0.0200. The Morgan fingerprint density at radius 3 is 2.89 bits per heavy atom. The van der Waals surface area contributed by atoms with E-state index in [4.69, 9.17) is 10.5 Å². The van der Waals surface area contributed by atoms with Gasteiger partial charge in [-0.2, -0.15) is 0 Å². The van der Waals surface area contributed by atoms with Gasteiger partial charge >= 0.3 is 0 Å². The number of aromatic nitrogens is 2. The summed E-state index contributed by atoms with van der Waals surface area (Å²) >= 11 is 0. The van der Waals surface area contributed by atoms with Crippen LogP contribution in [0.3, 0.4) is 0 Å². The van der Waals surface area contributed by atoms with Crippen LogP contribution in [-0.2, 0) is 11.3 Å². The van der Waals surface area contributed by atoms with E-state index in [1.54, 1.807) is 19.6 Å². The Labute approximate surface area is 113 Å². The predicted molar refractivity (Wildman–Crippen MR) is 71.8 cm³/mol. The first-order valence-electron chi connectivity index (χ1n) is 6.74. The van der Waals surface area contributed by atoms with E-state index in [1.807, 2.05) is 9.47 Å². The molecule has 1 aromatic heterocycles. The molecule has 1 aliphatic rings. The SMILES string of the molecule is COCC1CCN(C(=O)c2cn(CCN)cn2)CC1. The molecule has 106 valence electrons. The second-order valence-corrected chi connectivity index (χ2v) is 4.98. The van der Waals surface area contributed by atoms with Gasteiger partial charge in [-0.15, -0.1) is 0 Å². The number of hydrogen-bond donors (Lipinski definition) is 1. The average molecular weight is 266 g/mol. The van der Waals surface area contributed by atoms with Crippen molar-refractivity contribution >= 4 is 5.91 Å². The third-order valence-corrected chi connectivity index (χ3v) is 3.54. The Morgan fingerprint density at radius 2 is 2.26 bits per heavy atom. The first-order chi connectivity index (χ1) is 9.24. The number of likely N-dealkylation sites (tertiary alicyclic amines) is 1. The molecule has 0 unspecified atom stereocenters. The first-order valence-corrected chi connectivity index (χ1v) is 6.74. The molecule has 6 heteroatoms. The predicted octanol–water partition coefficient (Wildman–Crippen LogP) is 0.340. The second kappa shape index (κ2) is 6.68. The van der Waals surface area contributed by atoms with Gasteiger partial charge in [0.25, 0.3) is 5.91 Å². The minimum atomic E-state index is 0.0200. The number of amides is 1. The topological polar surface area (TPSA) is 73.4 Å². The maximum Gasteiger partial charge on any atom is 0.274 e. The van der Waals surface area contributed by atoms with Crippen molar-refractivity contribution in [3.05, 3.63) is 18.2 Å². The zero-order valence-corrected chi connectivity index (χ0v) is 11.4. The van der Waals surface area contributed by atoms with Crippen LogP contribution in [0.1, 0.15) is 23.3 Å². The highest BCUT2D eigenvalue weighted by Crippen LogP contribution is 2.18. The van der Waals surface area contributed by atoms with Crippen molar-refractivity contribution in [2.24, 2.45) is 11.7 Å². The van der Waals surface area contributed by atoms with E-state index >= 15 is 0 Å². The van der Waals surface area contributed by atoms with Gasteiger partial charge < -0.3 is 19.9 Å². The average Bonchev–Trinajstić information content (AvgIpc) is 2.88. The Bertz CT molecular complexity index is 411. The van der Waals surface area contributed by atoms with Crippen molar-refractivity contribution in [3.8, 4) is 0 Å². The van der Waals surface area contributed by atoms with Gasteiger partial charge in [-0.3, -0.25) is 4.79 Å². The summed E-state index contributed by atoms with van der Waals surface area (Å²) in [6, 6.07) is 0. The number of methoxy groups -OCH3 is 1. The van der Waals surface area contributed by atoms with Gasteiger partial charge in [0.15, 0.2) is 0 Å². The minimum Gasteiger partial charge on any atom is -0.384 e. The molecule has 1 saturated heterocycles. The highest BCUT2D eigenvalue weighted by molar-refractivity contribution is 5.92. The Morgan fingerprint density at radius 1 is 1.53 bits per heavy atom. The van der Waals surface area contributed by atoms with Crippen LogP contribution in [0, 0.1) is 5.92 Å². The molecule has 0 aliphatic carbocycles. The summed E-state index contributed by atoms with van der Waals surface area (Å²) in [4.78, 5) is 18.3. The molecular weight excluding hydrogens is 244 g/mol. The summed E-state index contributed by atoms with van der Waals surface area (Å²) in [5.74, 6) is 0.593. The molecule has 1 aromatic rings. The van der Waals surface area contributed by atoms with Crippen molar-refractivity contribution in [3.63, 3.8) is 0 Å². The summed E-state index contributed by atoms with van der Waals surface area (Å²) in [5.41, 5.74) is 5.99. The second-order valence-electron chi connectivity index (χ2n) is 4.98. The number of carbonyl (C=O) groups is 1. The van der Waals surface area contributed by atoms with Crippen LogP contribution in [0.2, 0.25) is 0 Å². The molecule has 1 fully saturated rings. The summed E-state index contributed by atoms with van der Waals surface area (Å²) in [7, 11) is 1.72. The van der Waals surface area contributed by atoms with Crippen molar-refractivity contribution in [2.75, 3.05) is 33.4 Å². The number of carbonyl (C=O) groups excluding carboxylic acids is 1. The smallest absolute Gasteiger partial charge is 0.274 e. The van der Waals surface area contributed by atoms with Gasteiger partial charge in [-0.05, 0) is 18.8 Å². The maximum atomic E-state index is 12.3. The van der Waals surface area contributed by atoms with Crippen LogP contribution in [-0.4, -0.2) is 53.7 Å². The zero-order valence-electron chi connectivity index (χ0n) is 11.4. The van der Waals surface area contributed by atoms with Crippen LogP contribution in [0.15, 0.2) is 12.5 Å². The molecule has 0 spiro atoms. The molecule has 1 amide bonds. The standard InChI is InChI=1S/C13H22N4O2/c1-19-9-11-2-5-17(6-3-11)13(18)12-8-16(7-4-14)10-15-12/h8,10-11H,2-7,9,14H2,1H3. The van der Waals surface area contributed by atoms with E-state index < -0.39 is 0 Å². The molecule has 1 aliphatic heterocycles. The summed E-state index contributed by atoms with van der Waals surface area (Å²) in [6.45, 7) is 3.60. The van der Waals surface area contributed by atoms with Gasteiger partial charge in [-0.25, -0.2) is 4.98 Å². The van der Waals surface area contributed by atoms with Crippen molar-refractivity contribution < 1.29 is 9.53 Å². The van der Waals surface area contributed by atoms with Gasteiger partial charge in [0.05, 0.1) is 6.33 Å². The molecule has 2 N–H and O–H groups in total. The van der Waals surface area contributed by atoms with Crippen LogP contribution in [0.25, 0.3) is 0 Å². The fourth-order valence-electron chi connectivity index (χ4n) is 2.44. The number of imidazole rings is 1. The van der Waals surface area contributed by atoms with E-state index in [9.17, 15) is 4.79 Å². The van der Waals surface area contributed by atoms with Crippen LogP contribution >= 0.6 is 0 Å². The number of rotatable bonds is 5. The van der Waals surface area contributed by atoms with E-state index in [2.05, 4.69) is 4.98 Å². The molecule has 19 heavy (non-hydrogen) atoms. The van der Waals surface area contributed by atoms with Gasteiger partial charge in [-0.1, -0.05) is 0 Å². The number of hydrogen-bond acceptors (Lipinski definition) is 4. The molecule has 2 heterocycles. The van der Waals surface area contributed by atoms with Gasteiger partial charge in [0.1, 0.15) is 5.69 Å². The quantitative estimate of drug-likeness (QED) is 0.834.